The molecule has 0 amide bonds. The summed E-state index contributed by atoms with van der Waals surface area (Å²) in [6.45, 7) is 10.5. The molecule has 2 heterocycles. The Bertz CT molecular complexity index is 413. The van der Waals surface area contributed by atoms with Gasteiger partial charge in [-0.15, -0.1) is 6.58 Å². The lowest BCUT2D eigenvalue weighted by Crippen LogP contribution is -2.45. The Morgan fingerprint density at radius 2 is 2.28 bits per heavy atom. The Balaban J connectivity index is 2.20. The summed E-state index contributed by atoms with van der Waals surface area (Å²) in [7, 11) is 0. The largest absolute Gasteiger partial charge is 0.314 e. The van der Waals surface area contributed by atoms with Crippen LogP contribution < -0.4 is 5.32 Å². The van der Waals surface area contributed by atoms with Crippen molar-refractivity contribution in [3.05, 3.63) is 40.6 Å². The molecular formula is C14H20BrN3. The Kier molecular flexibility index (Phi) is 4.92. The van der Waals surface area contributed by atoms with E-state index in [0.29, 0.717) is 6.04 Å². The van der Waals surface area contributed by atoms with Crippen LogP contribution in [0.25, 0.3) is 0 Å². The standard InChI is InChI=1S/C14H20BrN3/c1-11(2)9-13(18-7-5-16-6-8-18)12-3-4-17-14(15)10-12/h3-4,10,13,16H,1,5-9H2,2H3/t13-/m1/s1. The first-order valence-corrected chi connectivity index (χ1v) is 7.16. The fraction of sp³-hybridized carbons (Fsp3) is 0.500. The van der Waals surface area contributed by atoms with Crippen molar-refractivity contribution in [3.63, 3.8) is 0 Å². The molecule has 18 heavy (non-hydrogen) atoms. The molecule has 3 nitrogen and oxygen atoms in total. The van der Waals surface area contributed by atoms with Crippen LogP contribution in [0.1, 0.15) is 24.9 Å². The summed E-state index contributed by atoms with van der Waals surface area (Å²) in [4.78, 5) is 6.74. The summed E-state index contributed by atoms with van der Waals surface area (Å²) in [5.41, 5.74) is 2.55. The number of piperazine rings is 1. The lowest BCUT2D eigenvalue weighted by atomic mass is 9.99. The van der Waals surface area contributed by atoms with E-state index < -0.39 is 0 Å². The van der Waals surface area contributed by atoms with Crippen LogP contribution in [0.15, 0.2) is 35.1 Å². The second kappa shape index (κ2) is 6.45. The number of nitrogens with zero attached hydrogens (tertiary/aromatic N) is 2. The first-order chi connectivity index (χ1) is 8.66. The van der Waals surface area contributed by atoms with Crippen LogP contribution in [0.4, 0.5) is 0 Å². The van der Waals surface area contributed by atoms with Crippen LogP contribution in [0.2, 0.25) is 0 Å². The van der Waals surface area contributed by atoms with E-state index >= 15 is 0 Å². The molecule has 0 bridgehead atoms. The van der Waals surface area contributed by atoms with Gasteiger partial charge in [0.05, 0.1) is 0 Å². The molecule has 0 spiro atoms. The van der Waals surface area contributed by atoms with Crippen LogP contribution in [0.5, 0.6) is 0 Å². The van der Waals surface area contributed by atoms with E-state index in [1.54, 1.807) is 0 Å². The van der Waals surface area contributed by atoms with E-state index in [4.69, 9.17) is 0 Å². The van der Waals surface area contributed by atoms with E-state index in [1.807, 2.05) is 6.20 Å². The molecule has 0 saturated carbocycles. The van der Waals surface area contributed by atoms with Crippen molar-refractivity contribution in [1.82, 2.24) is 15.2 Å². The average Bonchev–Trinajstić information content (AvgIpc) is 2.37. The van der Waals surface area contributed by atoms with Crippen LogP contribution in [-0.4, -0.2) is 36.1 Å². The lowest BCUT2D eigenvalue weighted by molar-refractivity contribution is 0.172. The molecule has 98 valence electrons. The molecule has 1 fully saturated rings. The Hall–Kier alpha value is -0.710. The highest BCUT2D eigenvalue weighted by molar-refractivity contribution is 9.10. The van der Waals surface area contributed by atoms with Crippen molar-refractivity contribution in [2.75, 3.05) is 26.2 Å². The zero-order chi connectivity index (χ0) is 13.0. The maximum Gasteiger partial charge on any atom is 0.106 e. The first kappa shape index (κ1) is 13.7. The van der Waals surface area contributed by atoms with Gasteiger partial charge in [0, 0.05) is 38.4 Å². The van der Waals surface area contributed by atoms with Crippen LogP contribution in [0.3, 0.4) is 0 Å². The topological polar surface area (TPSA) is 28.2 Å². The minimum atomic E-state index is 0.420. The summed E-state index contributed by atoms with van der Waals surface area (Å²) in [5.74, 6) is 0. The molecule has 0 radical (unpaired) electrons. The summed E-state index contributed by atoms with van der Waals surface area (Å²) in [5, 5.41) is 3.40. The maximum atomic E-state index is 4.21. The van der Waals surface area contributed by atoms with E-state index in [-0.39, 0.29) is 0 Å². The normalized spacial score (nSPS) is 18.6. The quantitative estimate of drug-likeness (QED) is 0.685. The maximum absolute atomic E-state index is 4.21. The van der Waals surface area contributed by atoms with Crippen molar-refractivity contribution in [2.24, 2.45) is 0 Å². The number of rotatable bonds is 4. The SMILES string of the molecule is C=C(C)C[C@H](c1ccnc(Br)c1)N1CCNCC1. The summed E-state index contributed by atoms with van der Waals surface area (Å²) in [6.07, 6.45) is 2.88. The molecule has 1 N–H and O–H groups in total. The lowest BCUT2D eigenvalue weighted by Gasteiger charge is -2.35. The Morgan fingerprint density at radius 1 is 1.56 bits per heavy atom. The molecule has 1 saturated heterocycles. The zero-order valence-electron chi connectivity index (χ0n) is 10.8. The second-order valence-electron chi connectivity index (χ2n) is 4.87. The van der Waals surface area contributed by atoms with Gasteiger partial charge in [-0.05, 0) is 47.0 Å². The van der Waals surface area contributed by atoms with Gasteiger partial charge in [0.1, 0.15) is 4.60 Å². The highest BCUT2D eigenvalue weighted by atomic mass is 79.9. The Morgan fingerprint density at radius 3 is 2.89 bits per heavy atom. The first-order valence-electron chi connectivity index (χ1n) is 6.37. The van der Waals surface area contributed by atoms with Gasteiger partial charge in [0.2, 0.25) is 0 Å². The molecule has 1 aliphatic heterocycles. The smallest absolute Gasteiger partial charge is 0.106 e. The molecule has 0 unspecified atom stereocenters. The predicted molar refractivity (Wildman–Crippen MR) is 78.6 cm³/mol. The number of hydrogen-bond donors (Lipinski definition) is 1. The number of hydrogen-bond acceptors (Lipinski definition) is 3. The van der Waals surface area contributed by atoms with E-state index in [1.165, 1.54) is 11.1 Å². The van der Waals surface area contributed by atoms with Crippen molar-refractivity contribution >= 4 is 15.9 Å². The fourth-order valence-electron chi connectivity index (χ4n) is 2.41. The number of halogens is 1. The van der Waals surface area contributed by atoms with Crippen LogP contribution >= 0.6 is 15.9 Å². The minimum absolute atomic E-state index is 0.420. The fourth-order valence-corrected chi connectivity index (χ4v) is 2.79. The molecule has 0 aromatic carbocycles. The van der Waals surface area contributed by atoms with Crippen molar-refractivity contribution in [3.8, 4) is 0 Å². The van der Waals surface area contributed by atoms with Crippen LogP contribution in [-0.2, 0) is 0 Å². The van der Waals surface area contributed by atoms with Gasteiger partial charge in [-0.3, -0.25) is 4.90 Å². The molecule has 1 aromatic heterocycles. The molecule has 1 atom stereocenters. The Labute approximate surface area is 117 Å². The van der Waals surface area contributed by atoms with Gasteiger partial charge in [-0.1, -0.05) is 5.57 Å². The van der Waals surface area contributed by atoms with Crippen molar-refractivity contribution in [1.29, 1.82) is 0 Å². The van der Waals surface area contributed by atoms with E-state index in [2.05, 4.69) is 56.8 Å². The third kappa shape index (κ3) is 3.64. The zero-order valence-corrected chi connectivity index (χ0v) is 12.4. The van der Waals surface area contributed by atoms with Gasteiger partial charge in [0.25, 0.3) is 0 Å². The van der Waals surface area contributed by atoms with Gasteiger partial charge in [-0.2, -0.15) is 0 Å². The predicted octanol–water partition coefficient (Wildman–Crippen LogP) is 2.76. The highest BCUT2D eigenvalue weighted by Crippen LogP contribution is 2.28. The van der Waals surface area contributed by atoms with Gasteiger partial charge in [0.15, 0.2) is 0 Å². The van der Waals surface area contributed by atoms with Crippen molar-refractivity contribution in [2.45, 2.75) is 19.4 Å². The molecule has 1 aromatic rings. The molecule has 4 heteroatoms. The van der Waals surface area contributed by atoms with E-state index in [9.17, 15) is 0 Å². The molecule has 2 rings (SSSR count). The van der Waals surface area contributed by atoms with E-state index in [0.717, 1.165) is 37.2 Å². The summed E-state index contributed by atoms with van der Waals surface area (Å²) < 4.78 is 0.904. The molecule has 0 aliphatic carbocycles. The van der Waals surface area contributed by atoms with Gasteiger partial charge >= 0.3 is 0 Å². The number of aromatic nitrogens is 1. The number of pyridine rings is 1. The van der Waals surface area contributed by atoms with Gasteiger partial charge in [-0.25, -0.2) is 4.98 Å². The third-order valence-electron chi connectivity index (χ3n) is 3.27. The minimum Gasteiger partial charge on any atom is -0.314 e. The monoisotopic (exact) mass is 309 g/mol. The third-order valence-corrected chi connectivity index (χ3v) is 3.70. The number of nitrogens with one attached hydrogen (secondary N) is 1. The summed E-state index contributed by atoms with van der Waals surface area (Å²) in [6, 6.07) is 4.65. The van der Waals surface area contributed by atoms with Crippen LogP contribution in [0, 0.1) is 0 Å². The van der Waals surface area contributed by atoms with Crippen molar-refractivity contribution < 1.29 is 0 Å². The molecular weight excluding hydrogens is 290 g/mol. The summed E-state index contributed by atoms with van der Waals surface area (Å²) >= 11 is 3.46. The molecule has 1 aliphatic rings. The highest BCUT2D eigenvalue weighted by Gasteiger charge is 2.22. The van der Waals surface area contributed by atoms with Gasteiger partial charge < -0.3 is 5.32 Å². The second-order valence-corrected chi connectivity index (χ2v) is 5.69. The average molecular weight is 310 g/mol.